The van der Waals surface area contributed by atoms with Crippen LogP contribution in [0.5, 0.6) is 11.5 Å². The number of nitrogens with one attached hydrogen (secondary N) is 1. The summed E-state index contributed by atoms with van der Waals surface area (Å²) in [6.45, 7) is 1.50. The molecule has 32 heavy (non-hydrogen) atoms. The van der Waals surface area contributed by atoms with Crippen molar-refractivity contribution >= 4 is 17.5 Å². The van der Waals surface area contributed by atoms with Gasteiger partial charge in [-0.3, -0.25) is 4.79 Å². The third-order valence-corrected chi connectivity index (χ3v) is 5.27. The molecule has 0 saturated carbocycles. The Morgan fingerprint density at radius 1 is 1.12 bits per heavy atom. The van der Waals surface area contributed by atoms with E-state index in [4.69, 9.17) is 16.3 Å². The predicted molar refractivity (Wildman–Crippen MR) is 118 cm³/mol. The molecule has 3 rings (SSSR count). The summed E-state index contributed by atoms with van der Waals surface area (Å²) < 4.78 is 36.3. The molecule has 0 spiro atoms. The molecule has 0 bridgehead atoms. The third kappa shape index (κ3) is 5.76. The first-order valence-electron chi connectivity index (χ1n) is 9.97. The molecular formula is C23H24ClF2N3O3. The number of ether oxygens (including phenoxy) is 2. The standard InChI is InChI=1S/C23H24ClF2N3O3/c1-14-4-6-17(7-5-14)13-29-21(24)20(15(2)28-29)22(30)27-11-10-16-8-9-18(31-3)19(12-16)32-23(25)26/h4-9,12,23H,10-11,13H2,1-3H3,(H,27,30). The lowest BCUT2D eigenvalue weighted by atomic mass is 10.1. The Kier molecular flexibility index (Phi) is 7.69. The number of carbonyl (C=O) groups is 1. The lowest BCUT2D eigenvalue weighted by Crippen LogP contribution is -2.26. The van der Waals surface area contributed by atoms with Gasteiger partial charge in [-0.15, -0.1) is 0 Å². The van der Waals surface area contributed by atoms with E-state index >= 15 is 0 Å². The Morgan fingerprint density at radius 3 is 2.47 bits per heavy atom. The molecular weight excluding hydrogens is 440 g/mol. The second-order valence-corrected chi connectivity index (χ2v) is 7.62. The zero-order valence-electron chi connectivity index (χ0n) is 18.0. The van der Waals surface area contributed by atoms with E-state index in [1.54, 1.807) is 23.7 Å². The van der Waals surface area contributed by atoms with Gasteiger partial charge in [0.1, 0.15) is 5.15 Å². The molecule has 0 aliphatic heterocycles. The molecule has 1 aromatic heterocycles. The van der Waals surface area contributed by atoms with Crippen LogP contribution in [0.1, 0.15) is 32.7 Å². The highest BCUT2D eigenvalue weighted by molar-refractivity contribution is 6.33. The largest absolute Gasteiger partial charge is 0.493 e. The SMILES string of the molecule is COc1ccc(CCNC(=O)c2c(C)nn(Cc3ccc(C)cc3)c2Cl)cc1OC(F)F. The molecule has 1 amide bonds. The fourth-order valence-electron chi connectivity index (χ4n) is 3.26. The van der Waals surface area contributed by atoms with Crippen LogP contribution in [0.4, 0.5) is 8.78 Å². The van der Waals surface area contributed by atoms with Crippen LogP contribution >= 0.6 is 11.6 Å². The van der Waals surface area contributed by atoms with Gasteiger partial charge in [0.25, 0.3) is 5.91 Å². The third-order valence-electron chi connectivity index (χ3n) is 4.89. The lowest BCUT2D eigenvalue weighted by molar-refractivity contribution is -0.0512. The first-order chi connectivity index (χ1) is 15.3. The number of aryl methyl sites for hydroxylation is 2. The molecule has 3 aromatic rings. The van der Waals surface area contributed by atoms with Crippen molar-refractivity contribution in [2.24, 2.45) is 0 Å². The summed E-state index contributed by atoms with van der Waals surface area (Å²) in [5.74, 6) is -0.190. The highest BCUT2D eigenvalue weighted by atomic mass is 35.5. The Bertz CT molecular complexity index is 1080. The van der Waals surface area contributed by atoms with Crippen molar-refractivity contribution in [2.45, 2.75) is 33.4 Å². The molecule has 2 aromatic carbocycles. The topological polar surface area (TPSA) is 65.4 Å². The quantitative estimate of drug-likeness (QED) is 0.496. The number of alkyl halides is 2. The van der Waals surface area contributed by atoms with Crippen molar-refractivity contribution in [1.29, 1.82) is 0 Å². The number of nitrogens with zero attached hydrogens (tertiary/aromatic N) is 2. The van der Waals surface area contributed by atoms with E-state index < -0.39 is 6.61 Å². The second-order valence-electron chi connectivity index (χ2n) is 7.26. The second kappa shape index (κ2) is 10.5. The van der Waals surface area contributed by atoms with E-state index in [-0.39, 0.29) is 29.1 Å². The Morgan fingerprint density at radius 2 is 1.81 bits per heavy atom. The summed E-state index contributed by atoms with van der Waals surface area (Å²) in [5.41, 5.74) is 3.72. The Labute approximate surface area is 190 Å². The van der Waals surface area contributed by atoms with Gasteiger partial charge in [0.05, 0.1) is 24.9 Å². The molecule has 1 heterocycles. The van der Waals surface area contributed by atoms with Gasteiger partial charge >= 0.3 is 6.61 Å². The van der Waals surface area contributed by atoms with Crippen LogP contribution < -0.4 is 14.8 Å². The molecule has 0 unspecified atom stereocenters. The summed E-state index contributed by atoms with van der Waals surface area (Å²) in [4.78, 5) is 12.7. The minimum Gasteiger partial charge on any atom is -0.493 e. The van der Waals surface area contributed by atoms with Crippen molar-refractivity contribution < 1.29 is 23.0 Å². The van der Waals surface area contributed by atoms with Gasteiger partial charge in [0.15, 0.2) is 11.5 Å². The summed E-state index contributed by atoms with van der Waals surface area (Å²) in [6.07, 6.45) is 0.406. The molecule has 9 heteroatoms. The van der Waals surface area contributed by atoms with Gasteiger partial charge in [0, 0.05) is 6.54 Å². The number of hydrogen-bond acceptors (Lipinski definition) is 4. The van der Waals surface area contributed by atoms with E-state index in [1.807, 2.05) is 31.2 Å². The van der Waals surface area contributed by atoms with Crippen LogP contribution in [0.2, 0.25) is 5.15 Å². The molecule has 0 aliphatic rings. The zero-order chi connectivity index (χ0) is 23.3. The van der Waals surface area contributed by atoms with Crippen molar-refractivity contribution in [3.05, 3.63) is 75.6 Å². The minimum absolute atomic E-state index is 0.0532. The van der Waals surface area contributed by atoms with E-state index in [2.05, 4.69) is 15.2 Å². The van der Waals surface area contributed by atoms with Gasteiger partial charge in [-0.25, -0.2) is 4.68 Å². The van der Waals surface area contributed by atoms with Crippen LogP contribution in [0, 0.1) is 13.8 Å². The van der Waals surface area contributed by atoms with Crippen LogP contribution in [-0.2, 0) is 13.0 Å². The van der Waals surface area contributed by atoms with Crippen molar-refractivity contribution in [3.63, 3.8) is 0 Å². The smallest absolute Gasteiger partial charge is 0.387 e. The van der Waals surface area contributed by atoms with Crippen LogP contribution in [0.25, 0.3) is 0 Å². The number of benzene rings is 2. The number of carbonyl (C=O) groups excluding carboxylic acids is 1. The summed E-state index contributed by atoms with van der Waals surface area (Å²) in [7, 11) is 1.37. The molecule has 0 aliphatic carbocycles. The van der Waals surface area contributed by atoms with Gasteiger partial charge in [-0.1, -0.05) is 47.5 Å². The maximum atomic E-state index is 12.7. The first kappa shape index (κ1) is 23.5. The molecule has 1 N–H and O–H groups in total. The molecule has 0 radical (unpaired) electrons. The highest BCUT2D eigenvalue weighted by Gasteiger charge is 2.20. The maximum absolute atomic E-state index is 12.7. The van der Waals surface area contributed by atoms with E-state index in [0.717, 1.165) is 11.1 Å². The maximum Gasteiger partial charge on any atom is 0.387 e. The molecule has 0 saturated heterocycles. The molecule has 0 atom stereocenters. The number of hydrogen-bond donors (Lipinski definition) is 1. The van der Waals surface area contributed by atoms with Crippen LogP contribution in [0.3, 0.4) is 0 Å². The van der Waals surface area contributed by atoms with Crippen molar-refractivity contribution in [2.75, 3.05) is 13.7 Å². The monoisotopic (exact) mass is 463 g/mol. The normalized spacial score (nSPS) is 11.0. The van der Waals surface area contributed by atoms with Gasteiger partial charge in [-0.2, -0.15) is 13.9 Å². The fourth-order valence-corrected chi connectivity index (χ4v) is 3.58. The average Bonchev–Trinajstić information content (AvgIpc) is 3.02. The molecule has 170 valence electrons. The first-order valence-corrected chi connectivity index (χ1v) is 10.3. The molecule has 0 fully saturated rings. The van der Waals surface area contributed by atoms with Crippen molar-refractivity contribution in [3.8, 4) is 11.5 Å². The summed E-state index contributed by atoms with van der Waals surface area (Å²) in [5, 5.41) is 7.46. The number of rotatable bonds is 9. The molecule has 6 nitrogen and oxygen atoms in total. The number of methoxy groups -OCH3 is 1. The van der Waals surface area contributed by atoms with Crippen molar-refractivity contribution in [1.82, 2.24) is 15.1 Å². The number of halogens is 3. The average molecular weight is 464 g/mol. The zero-order valence-corrected chi connectivity index (χ0v) is 18.7. The van der Waals surface area contributed by atoms with Gasteiger partial charge in [0.2, 0.25) is 0 Å². The Hall–Kier alpha value is -3.13. The Balaban J connectivity index is 1.64. The van der Waals surface area contributed by atoms with Crippen LogP contribution in [0.15, 0.2) is 42.5 Å². The minimum atomic E-state index is -2.96. The van der Waals surface area contributed by atoms with Crippen LogP contribution in [-0.4, -0.2) is 36.0 Å². The summed E-state index contributed by atoms with van der Waals surface area (Å²) in [6, 6.07) is 12.7. The summed E-state index contributed by atoms with van der Waals surface area (Å²) >= 11 is 6.44. The van der Waals surface area contributed by atoms with E-state index in [1.165, 1.54) is 13.2 Å². The van der Waals surface area contributed by atoms with E-state index in [0.29, 0.717) is 29.8 Å². The van der Waals surface area contributed by atoms with Gasteiger partial charge in [-0.05, 0) is 43.5 Å². The number of aromatic nitrogens is 2. The number of amides is 1. The van der Waals surface area contributed by atoms with E-state index in [9.17, 15) is 13.6 Å². The fraction of sp³-hybridized carbons (Fsp3) is 0.304. The van der Waals surface area contributed by atoms with Gasteiger partial charge < -0.3 is 14.8 Å². The lowest BCUT2D eigenvalue weighted by Gasteiger charge is -2.12. The highest BCUT2D eigenvalue weighted by Crippen LogP contribution is 2.29. The predicted octanol–water partition coefficient (Wildman–Crippen LogP) is 4.78.